The molecule has 0 aromatic carbocycles. The Morgan fingerprint density at radius 2 is 2.00 bits per heavy atom. The summed E-state index contributed by atoms with van der Waals surface area (Å²) < 4.78 is 0. The molecule has 1 nitrogen and oxygen atoms in total. The molecule has 2 saturated carbocycles. The average Bonchev–Trinajstić information content (AvgIpc) is 2.91. The molecule has 78 valence electrons. The Morgan fingerprint density at radius 3 is 2.50 bits per heavy atom. The highest BCUT2D eigenvalue weighted by atomic mass is 14.9. The molecule has 0 aromatic rings. The zero-order chi connectivity index (χ0) is 9.97. The first kappa shape index (κ1) is 10.1. The van der Waals surface area contributed by atoms with Crippen molar-refractivity contribution in [1.82, 2.24) is 5.32 Å². The molecule has 0 aromatic heterocycles. The van der Waals surface area contributed by atoms with Gasteiger partial charge in [-0.1, -0.05) is 19.8 Å². The lowest BCUT2D eigenvalue weighted by Gasteiger charge is -2.15. The molecule has 2 aliphatic rings. The maximum atomic E-state index is 5.42. The van der Waals surface area contributed by atoms with Gasteiger partial charge in [-0.15, -0.1) is 12.3 Å². The van der Waals surface area contributed by atoms with Crippen LogP contribution in [0.2, 0.25) is 0 Å². The van der Waals surface area contributed by atoms with Crippen LogP contribution in [0, 0.1) is 30.1 Å². The molecule has 0 radical (unpaired) electrons. The van der Waals surface area contributed by atoms with Crippen molar-refractivity contribution in [3.63, 3.8) is 0 Å². The molecule has 0 amide bonds. The third-order valence-electron chi connectivity index (χ3n) is 3.99. The van der Waals surface area contributed by atoms with E-state index in [0.717, 1.165) is 30.7 Å². The molecule has 3 unspecified atom stereocenters. The van der Waals surface area contributed by atoms with E-state index >= 15 is 0 Å². The number of hydrogen-bond donors (Lipinski definition) is 1. The Morgan fingerprint density at radius 1 is 1.36 bits per heavy atom. The van der Waals surface area contributed by atoms with Crippen molar-refractivity contribution in [3.05, 3.63) is 0 Å². The van der Waals surface area contributed by atoms with Crippen molar-refractivity contribution in [3.8, 4) is 12.3 Å². The van der Waals surface area contributed by atoms with Gasteiger partial charge in [0.15, 0.2) is 0 Å². The van der Waals surface area contributed by atoms with Crippen LogP contribution in [0.3, 0.4) is 0 Å². The van der Waals surface area contributed by atoms with Crippen LogP contribution in [0.4, 0.5) is 0 Å². The van der Waals surface area contributed by atoms with Crippen LogP contribution in [0.25, 0.3) is 0 Å². The van der Waals surface area contributed by atoms with Gasteiger partial charge in [0, 0.05) is 12.5 Å². The summed E-state index contributed by atoms with van der Waals surface area (Å²) in [5.74, 6) is 5.76. The highest BCUT2D eigenvalue weighted by molar-refractivity contribution is 5.07. The second kappa shape index (κ2) is 4.36. The van der Waals surface area contributed by atoms with Crippen molar-refractivity contribution in [2.75, 3.05) is 6.54 Å². The normalized spacial score (nSPS) is 37.0. The number of rotatable bonds is 4. The molecule has 0 heterocycles. The maximum Gasteiger partial charge on any atom is 0.0243 e. The molecule has 14 heavy (non-hydrogen) atoms. The first-order valence-corrected chi connectivity index (χ1v) is 6.05. The fraction of sp³-hybridized carbons (Fsp3) is 0.846. The molecule has 0 saturated heterocycles. The molecule has 2 fully saturated rings. The van der Waals surface area contributed by atoms with Gasteiger partial charge in [-0.25, -0.2) is 0 Å². The van der Waals surface area contributed by atoms with E-state index in [0.29, 0.717) is 6.04 Å². The number of hydrogen-bond acceptors (Lipinski definition) is 1. The van der Waals surface area contributed by atoms with Crippen molar-refractivity contribution in [2.24, 2.45) is 17.8 Å². The predicted octanol–water partition coefficient (Wildman–Crippen LogP) is 2.42. The van der Waals surface area contributed by atoms with Crippen molar-refractivity contribution < 1.29 is 0 Å². The fourth-order valence-corrected chi connectivity index (χ4v) is 3.38. The van der Waals surface area contributed by atoms with E-state index in [-0.39, 0.29) is 0 Å². The van der Waals surface area contributed by atoms with Crippen molar-refractivity contribution in [1.29, 1.82) is 0 Å². The number of fused-ring (bicyclic) bond motifs is 1. The molecule has 2 rings (SSSR count). The average molecular weight is 191 g/mol. The molecule has 0 bridgehead atoms. The summed E-state index contributed by atoms with van der Waals surface area (Å²) in [7, 11) is 0. The van der Waals surface area contributed by atoms with Crippen LogP contribution in [-0.4, -0.2) is 12.6 Å². The Hall–Kier alpha value is -0.480. The van der Waals surface area contributed by atoms with E-state index in [1.54, 1.807) is 0 Å². The zero-order valence-corrected chi connectivity index (χ0v) is 9.13. The summed E-state index contributed by atoms with van der Waals surface area (Å²) in [6.45, 7) is 3.23. The summed E-state index contributed by atoms with van der Waals surface area (Å²) in [6, 6.07) is 0.609. The molecule has 0 spiro atoms. The van der Waals surface area contributed by atoms with Crippen LogP contribution in [0.1, 0.15) is 39.0 Å². The fourth-order valence-electron chi connectivity index (χ4n) is 3.38. The van der Waals surface area contributed by atoms with E-state index in [1.165, 1.54) is 25.7 Å². The van der Waals surface area contributed by atoms with E-state index in [1.807, 2.05) is 0 Å². The second-order valence-corrected chi connectivity index (χ2v) is 4.76. The third kappa shape index (κ3) is 1.81. The summed E-state index contributed by atoms with van der Waals surface area (Å²) in [4.78, 5) is 0. The minimum Gasteiger partial charge on any atom is -0.313 e. The molecular formula is C13H21N. The molecule has 2 aliphatic carbocycles. The Bertz CT molecular complexity index is 216. The van der Waals surface area contributed by atoms with Gasteiger partial charge in [-0.05, 0) is 37.1 Å². The van der Waals surface area contributed by atoms with E-state index in [4.69, 9.17) is 6.42 Å². The van der Waals surface area contributed by atoms with Gasteiger partial charge in [0.1, 0.15) is 0 Å². The topological polar surface area (TPSA) is 12.0 Å². The summed E-state index contributed by atoms with van der Waals surface area (Å²) in [5, 5.41) is 3.56. The van der Waals surface area contributed by atoms with Gasteiger partial charge in [0.2, 0.25) is 0 Å². The lowest BCUT2D eigenvalue weighted by atomic mass is 10.0. The van der Waals surface area contributed by atoms with Crippen LogP contribution >= 0.6 is 0 Å². The van der Waals surface area contributed by atoms with Crippen LogP contribution < -0.4 is 5.32 Å². The number of terminal acetylenes is 1. The van der Waals surface area contributed by atoms with Gasteiger partial charge in [0.25, 0.3) is 0 Å². The van der Waals surface area contributed by atoms with Gasteiger partial charge in [0.05, 0.1) is 0 Å². The SMILES string of the molecule is C#CCC(NCC)C1C2CCCCC21. The molecule has 3 atom stereocenters. The summed E-state index contributed by atoms with van der Waals surface area (Å²) >= 11 is 0. The minimum atomic E-state index is 0.609. The van der Waals surface area contributed by atoms with Crippen LogP contribution in [-0.2, 0) is 0 Å². The largest absolute Gasteiger partial charge is 0.313 e. The van der Waals surface area contributed by atoms with Gasteiger partial charge in [-0.2, -0.15) is 0 Å². The highest BCUT2D eigenvalue weighted by Crippen LogP contribution is 2.57. The highest BCUT2D eigenvalue weighted by Gasteiger charge is 2.53. The molecule has 0 aliphatic heterocycles. The van der Waals surface area contributed by atoms with Crippen LogP contribution in [0.15, 0.2) is 0 Å². The molecule has 1 N–H and O–H groups in total. The van der Waals surface area contributed by atoms with Crippen molar-refractivity contribution >= 4 is 0 Å². The predicted molar refractivity (Wildman–Crippen MR) is 59.9 cm³/mol. The summed E-state index contributed by atoms with van der Waals surface area (Å²) in [6.07, 6.45) is 12.2. The van der Waals surface area contributed by atoms with Crippen LogP contribution in [0.5, 0.6) is 0 Å². The lowest BCUT2D eigenvalue weighted by Crippen LogP contribution is -2.31. The quantitative estimate of drug-likeness (QED) is 0.673. The lowest BCUT2D eigenvalue weighted by molar-refractivity contribution is 0.448. The molecular weight excluding hydrogens is 170 g/mol. The maximum absolute atomic E-state index is 5.42. The Labute approximate surface area is 87.7 Å². The minimum absolute atomic E-state index is 0.609. The van der Waals surface area contributed by atoms with E-state index < -0.39 is 0 Å². The number of nitrogens with one attached hydrogen (secondary N) is 1. The Balaban J connectivity index is 1.89. The standard InChI is InChI=1S/C13H21N/c1-3-7-12(14-4-2)13-10-8-5-6-9-11(10)13/h1,10-14H,4-9H2,2H3. The third-order valence-corrected chi connectivity index (χ3v) is 3.99. The smallest absolute Gasteiger partial charge is 0.0243 e. The van der Waals surface area contributed by atoms with Gasteiger partial charge < -0.3 is 5.32 Å². The van der Waals surface area contributed by atoms with Gasteiger partial charge in [-0.3, -0.25) is 0 Å². The van der Waals surface area contributed by atoms with Crippen molar-refractivity contribution in [2.45, 2.75) is 45.1 Å². The first-order valence-electron chi connectivity index (χ1n) is 6.05. The monoisotopic (exact) mass is 191 g/mol. The zero-order valence-electron chi connectivity index (χ0n) is 9.13. The van der Waals surface area contributed by atoms with Gasteiger partial charge >= 0.3 is 0 Å². The second-order valence-electron chi connectivity index (χ2n) is 4.76. The summed E-state index contributed by atoms with van der Waals surface area (Å²) in [5.41, 5.74) is 0. The molecule has 1 heteroatoms. The first-order chi connectivity index (χ1) is 6.88. The van der Waals surface area contributed by atoms with E-state index in [2.05, 4.69) is 18.2 Å². The van der Waals surface area contributed by atoms with E-state index in [9.17, 15) is 0 Å². The Kier molecular flexibility index (Phi) is 3.13.